The molecule has 5 nitrogen and oxygen atoms in total. The van der Waals surface area contributed by atoms with Gasteiger partial charge in [-0.15, -0.1) is 0 Å². The van der Waals surface area contributed by atoms with E-state index in [0.717, 1.165) is 5.75 Å². The van der Waals surface area contributed by atoms with Crippen LogP contribution in [0, 0.1) is 5.92 Å². The van der Waals surface area contributed by atoms with E-state index in [-0.39, 0.29) is 5.91 Å². The van der Waals surface area contributed by atoms with Crippen LogP contribution in [0.5, 0.6) is 0 Å². The molecule has 90 valence electrons. The third-order valence-electron chi connectivity index (χ3n) is 2.13. The number of nitrogens with zero attached hydrogens (tertiary/aromatic N) is 2. The Kier molecular flexibility index (Phi) is 4.67. The van der Waals surface area contributed by atoms with Crippen molar-refractivity contribution in [3.8, 4) is 0 Å². The number of nitrogens with two attached hydrogens (primary N) is 1. The third kappa shape index (κ3) is 3.44. The van der Waals surface area contributed by atoms with Gasteiger partial charge in [-0.2, -0.15) is 16.9 Å². The highest BCUT2D eigenvalue weighted by atomic mass is 32.2. The number of anilines is 1. The molecular formula is C10H18N4OS. The maximum absolute atomic E-state index is 11.7. The van der Waals surface area contributed by atoms with Gasteiger partial charge in [-0.3, -0.25) is 9.48 Å². The van der Waals surface area contributed by atoms with Gasteiger partial charge in [0, 0.05) is 19.8 Å². The second-order valence-electron chi connectivity index (χ2n) is 3.88. The Balaban J connectivity index is 2.50. The smallest absolute Gasteiger partial charge is 0.273 e. The molecule has 0 aliphatic carbocycles. The van der Waals surface area contributed by atoms with Gasteiger partial charge in [0.25, 0.3) is 5.91 Å². The Morgan fingerprint density at radius 2 is 2.44 bits per heavy atom. The highest BCUT2D eigenvalue weighted by Crippen LogP contribution is 2.08. The predicted molar refractivity (Wildman–Crippen MR) is 67.5 cm³/mol. The zero-order valence-electron chi connectivity index (χ0n) is 9.86. The van der Waals surface area contributed by atoms with Gasteiger partial charge < -0.3 is 11.1 Å². The van der Waals surface area contributed by atoms with E-state index < -0.39 is 0 Å². The molecule has 0 radical (unpaired) electrons. The zero-order valence-corrected chi connectivity index (χ0v) is 10.7. The molecule has 3 N–H and O–H groups in total. The largest absolute Gasteiger partial charge is 0.396 e. The molecule has 1 unspecified atom stereocenters. The molecule has 0 fully saturated rings. The molecule has 1 rings (SSSR count). The molecular weight excluding hydrogens is 224 g/mol. The first-order valence-electron chi connectivity index (χ1n) is 5.10. The van der Waals surface area contributed by atoms with E-state index >= 15 is 0 Å². The molecule has 0 aromatic carbocycles. The molecule has 0 bridgehead atoms. The maximum atomic E-state index is 11.7. The minimum absolute atomic E-state index is 0.203. The summed E-state index contributed by atoms with van der Waals surface area (Å²) in [5.74, 6) is 1.27. The van der Waals surface area contributed by atoms with Crippen LogP contribution in [0.1, 0.15) is 17.4 Å². The molecule has 1 atom stereocenters. The summed E-state index contributed by atoms with van der Waals surface area (Å²) in [6.07, 6.45) is 3.68. The van der Waals surface area contributed by atoms with Gasteiger partial charge in [0.1, 0.15) is 0 Å². The summed E-state index contributed by atoms with van der Waals surface area (Å²) in [7, 11) is 1.74. The fourth-order valence-electron chi connectivity index (χ4n) is 1.38. The second-order valence-corrected chi connectivity index (χ2v) is 4.79. The Morgan fingerprint density at radius 1 is 1.75 bits per heavy atom. The monoisotopic (exact) mass is 242 g/mol. The van der Waals surface area contributed by atoms with E-state index in [4.69, 9.17) is 5.73 Å². The third-order valence-corrected chi connectivity index (χ3v) is 3.04. The van der Waals surface area contributed by atoms with Gasteiger partial charge in [-0.1, -0.05) is 6.92 Å². The Hall–Kier alpha value is -1.17. The van der Waals surface area contributed by atoms with Crippen molar-refractivity contribution in [2.45, 2.75) is 6.92 Å². The number of thioether (sulfide) groups is 1. The lowest BCUT2D eigenvalue weighted by Gasteiger charge is -2.10. The normalized spacial score (nSPS) is 12.4. The lowest BCUT2D eigenvalue weighted by Crippen LogP contribution is -2.30. The molecule has 0 saturated heterocycles. The summed E-state index contributed by atoms with van der Waals surface area (Å²) >= 11 is 1.77. The van der Waals surface area contributed by atoms with Crippen LogP contribution in [0.25, 0.3) is 0 Å². The zero-order chi connectivity index (χ0) is 12.1. The minimum atomic E-state index is -0.203. The van der Waals surface area contributed by atoms with Gasteiger partial charge in [0.2, 0.25) is 0 Å². The van der Waals surface area contributed by atoms with E-state index in [1.807, 2.05) is 0 Å². The summed E-state index contributed by atoms with van der Waals surface area (Å²) in [5, 5.41) is 6.84. The summed E-state index contributed by atoms with van der Waals surface area (Å²) in [6, 6.07) is 0. The first kappa shape index (κ1) is 12.9. The van der Waals surface area contributed by atoms with Crippen molar-refractivity contribution < 1.29 is 4.79 Å². The predicted octanol–water partition coefficient (Wildman–Crippen LogP) is 0.731. The average molecular weight is 242 g/mol. The lowest BCUT2D eigenvalue weighted by atomic mass is 10.2. The van der Waals surface area contributed by atoms with Crippen LogP contribution < -0.4 is 11.1 Å². The number of hydrogen-bond acceptors (Lipinski definition) is 4. The Morgan fingerprint density at radius 3 is 2.94 bits per heavy atom. The van der Waals surface area contributed by atoms with Crippen LogP contribution >= 0.6 is 11.8 Å². The topological polar surface area (TPSA) is 72.9 Å². The van der Waals surface area contributed by atoms with Crippen molar-refractivity contribution >= 4 is 23.4 Å². The van der Waals surface area contributed by atoms with Crippen molar-refractivity contribution in [2.75, 3.05) is 24.3 Å². The Labute approximate surface area is 99.8 Å². The van der Waals surface area contributed by atoms with Crippen LogP contribution in [0.15, 0.2) is 6.20 Å². The van der Waals surface area contributed by atoms with Crippen LogP contribution in [0.3, 0.4) is 0 Å². The highest BCUT2D eigenvalue weighted by molar-refractivity contribution is 7.98. The number of nitrogen functional groups attached to an aromatic ring is 1. The molecule has 1 aromatic heterocycles. The second kappa shape index (κ2) is 5.79. The number of aromatic nitrogens is 2. The molecule has 16 heavy (non-hydrogen) atoms. The summed E-state index contributed by atoms with van der Waals surface area (Å²) in [5.41, 5.74) is 6.38. The van der Waals surface area contributed by atoms with Gasteiger partial charge >= 0.3 is 0 Å². The number of hydrogen-bond donors (Lipinski definition) is 2. The summed E-state index contributed by atoms with van der Waals surface area (Å²) < 4.78 is 1.54. The molecule has 0 spiro atoms. The molecule has 1 amide bonds. The summed E-state index contributed by atoms with van der Waals surface area (Å²) in [6.45, 7) is 2.74. The molecule has 6 heteroatoms. The number of carbonyl (C=O) groups is 1. The van der Waals surface area contributed by atoms with Crippen LogP contribution in [-0.4, -0.2) is 34.2 Å². The summed E-state index contributed by atoms with van der Waals surface area (Å²) in [4.78, 5) is 11.7. The average Bonchev–Trinajstić information content (AvgIpc) is 2.55. The fourth-order valence-corrected chi connectivity index (χ4v) is 2.06. The highest BCUT2D eigenvalue weighted by Gasteiger charge is 2.14. The Bertz CT molecular complexity index is 364. The standard InChI is InChI=1S/C10H18N4OS/c1-7(6-16-3)4-12-10(15)9-8(11)5-14(2)13-9/h5,7H,4,6,11H2,1-3H3,(H,12,15). The quantitative estimate of drug-likeness (QED) is 0.798. The SMILES string of the molecule is CSCC(C)CNC(=O)c1nn(C)cc1N. The van der Waals surface area contributed by atoms with Crippen molar-refractivity contribution in [3.05, 3.63) is 11.9 Å². The van der Waals surface area contributed by atoms with E-state index in [2.05, 4.69) is 23.6 Å². The number of aryl methyl sites for hydroxylation is 1. The van der Waals surface area contributed by atoms with E-state index in [1.54, 1.807) is 25.0 Å². The van der Waals surface area contributed by atoms with Crippen LogP contribution in [-0.2, 0) is 7.05 Å². The minimum Gasteiger partial charge on any atom is -0.396 e. The molecule has 1 aromatic rings. The van der Waals surface area contributed by atoms with Crippen molar-refractivity contribution in [2.24, 2.45) is 13.0 Å². The molecule has 0 aliphatic rings. The van der Waals surface area contributed by atoms with Crippen LogP contribution in [0.2, 0.25) is 0 Å². The molecule has 1 heterocycles. The molecule has 0 saturated carbocycles. The number of rotatable bonds is 5. The number of amides is 1. The van der Waals surface area contributed by atoms with Crippen molar-refractivity contribution in [3.63, 3.8) is 0 Å². The van der Waals surface area contributed by atoms with Crippen molar-refractivity contribution in [1.29, 1.82) is 0 Å². The van der Waals surface area contributed by atoms with Gasteiger partial charge in [0.15, 0.2) is 5.69 Å². The van der Waals surface area contributed by atoms with Crippen molar-refractivity contribution in [1.82, 2.24) is 15.1 Å². The number of nitrogens with one attached hydrogen (secondary N) is 1. The van der Waals surface area contributed by atoms with Gasteiger partial charge in [-0.05, 0) is 17.9 Å². The van der Waals surface area contributed by atoms with Gasteiger partial charge in [-0.25, -0.2) is 0 Å². The maximum Gasteiger partial charge on any atom is 0.273 e. The fraction of sp³-hybridized carbons (Fsp3) is 0.600. The first-order valence-corrected chi connectivity index (χ1v) is 6.50. The van der Waals surface area contributed by atoms with Crippen LogP contribution in [0.4, 0.5) is 5.69 Å². The first-order chi connectivity index (χ1) is 7.54. The van der Waals surface area contributed by atoms with E-state index in [0.29, 0.717) is 23.8 Å². The number of carbonyl (C=O) groups excluding carboxylic acids is 1. The van der Waals surface area contributed by atoms with E-state index in [9.17, 15) is 4.79 Å². The van der Waals surface area contributed by atoms with E-state index in [1.165, 1.54) is 4.68 Å². The molecule has 0 aliphatic heterocycles. The van der Waals surface area contributed by atoms with Gasteiger partial charge in [0.05, 0.1) is 5.69 Å². The lowest BCUT2D eigenvalue weighted by molar-refractivity contribution is 0.0944.